The van der Waals surface area contributed by atoms with Gasteiger partial charge in [0.25, 0.3) is 0 Å². The first kappa shape index (κ1) is 50.2. The van der Waals surface area contributed by atoms with Gasteiger partial charge in [0.05, 0.1) is 13.2 Å². The van der Waals surface area contributed by atoms with Crippen molar-refractivity contribution in [3.05, 3.63) is 321 Å². The molecule has 0 bridgehead atoms. The minimum absolute atomic E-state index is 0.487. The summed E-state index contributed by atoms with van der Waals surface area (Å²) in [6, 6.07) is 107. The fraction of sp³-hybridized carbons (Fsp3) is 0.0250. The summed E-state index contributed by atoms with van der Waals surface area (Å²) >= 11 is 0. The molecular formula is C80H56N2O2. The van der Waals surface area contributed by atoms with E-state index in [4.69, 9.17) is 9.15 Å². The fourth-order valence-corrected chi connectivity index (χ4v) is 12.3. The largest absolute Gasteiger partial charge is 0.455 e. The van der Waals surface area contributed by atoms with Crippen LogP contribution in [-0.2, 0) is 18.0 Å². The van der Waals surface area contributed by atoms with Crippen LogP contribution in [0.15, 0.2) is 308 Å². The van der Waals surface area contributed by atoms with Crippen LogP contribution < -0.4 is 9.80 Å². The average Bonchev–Trinajstić information content (AvgIpc) is 2.17. The van der Waals surface area contributed by atoms with Crippen molar-refractivity contribution in [3.8, 4) is 33.4 Å². The number of rotatable bonds is 14. The summed E-state index contributed by atoms with van der Waals surface area (Å²) < 4.78 is 13.1. The Morgan fingerprint density at radius 3 is 1.55 bits per heavy atom. The highest BCUT2D eigenvalue weighted by molar-refractivity contribution is 6.32. The zero-order valence-corrected chi connectivity index (χ0v) is 46.2. The van der Waals surface area contributed by atoms with E-state index in [-0.39, 0.29) is 0 Å². The lowest BCUT2D eigenvalue weighted by Gasteiger charge is -2.31. The van der Waals surface area contributed by atoms with E-state index in [1.54, 1.807) is 0 Å². The van der Waals surface area contributed by atoms with Crippen LogP contribution in [0.2, 0.25) is 0 Å². The highest BCUT2D eigenvalue weighted by Crippen LogP contribution is 2.47. The number of nitrogens with zero attached hydrogens (tertiary/aromatic N) is 2. The van der Waals surface area contributed by atoms with Crippen molar-refractivity contribution in [2.75, 3.05) is 9.80 Å². The van der Waals surface area contributed by atoms with Crippen LogP contribution in [0.5, 0.6) is 0 Å². The Hall–Kier alpha value is -10.8. The molecule has 0 atom stereocenters. The number of benzene rings is 14. The molecule has 0 fully saturated rings. The Labute approximate surface area is 488 Å². The number of furan rings is 1. The van der Waals surface area contributed by atoms with E-state index in [1.165, 1.54) is 26.9 Å². The van der Waals surface area contributed by atoms with Gasteiger partial charge in [-0.05, 0) is 173 Å². The zero-order valence-electron chi connectivity index (χ0n) is 46.2. The van der Waals surface area contributed by atoms with Crippen LogP contribution in [0.3, 0.4) is 0 Å². The Balaban J connectivity index is 0.880. The van der Waals surface area contributed by atoms with Crippen molar-refractivity contribution in [1.29, 1.82) is 0 Å². The van der Waals surface area contributed by atoms with Crippen molar-refractivity contribution in [1.82, 2.24) is 0 Å². The number of hydrogen-bond acceptors (Lipinski definition) is 4. The predicted octanol–water partition coefficient (Wildman–Crippen LogP) is 22.5. The Kier molecular flexibility index (Phi) is 12.9. The summed E-state index contributed by atoms with van der Waals surface area (Å²) in [5, 5.41) is 11.7. The molecule has 398 valence electrons. The van der Waals surface area contributed by atoms with Gasteiger partial charge in [0.1, 0.15) is 11.2 Å². The predicted molar refractivity (Wildman–Crippen MR) is 354 cm³/mol. The third-order valence-electron chi connectivity index (χ3n) is 16.4. The number of fused-ring (bicyclic) bond motifs is 10. The normalized spacial score (nSPS) is 11.5. The number of hydrogen-bond donors (Lipinski definition) is 0. The van der Waals surface area contributed by atoms with Crippen LogP contribution in [-0.4, -0.2) is 0 Å². The van der Waals surface area contributed by atoms with Gasteiger partial charge in [0.2, 0.25) is 0 Å². The summed E-state index contributed by atoms with van der Waals surface area (Å²) in [7, 11) is 0. The maximum absolute atomic E-state index is 6.82. The smallest absolute Gasteiger partial charge is 0.143 e. The van der Waals surface area contributed by atoms with Gasteiger partial charge in [-0.3, -0.25) is 0 Å². The van der Waals surface area contributed by atoms with Crippen LogP contribution in [0, 0.1) is 0 Å². The van der Waals surface area contributed by atoms with Gasteiger partial charge in [-0.1, -0.05) is 225 Å². The zero-order chi connectivity index (χ0) is 55.9. The molecule has 0 aliphatic rings. The van der Waals surface area contributed by atoms with Gasteiger partial charge in [0.15, 0.2) is 0 Å². The molecule has 0 amide bonds. The third kappa shape index (κ3) is 9.41. The molecular weight excluding hydrogens is 1020 g/mol. The Morgan fingerprint density at radius 2 is 0.821 bits per heavy atom. The monoisotopic (exact) mass is 1080 g/mol. The lowest BCUT2D eigenvalue weighted by atomic mass is 9.92. The van der Waals surface area contributed by atoms with Crippen LogP contribution in [0.4, 0.5) is 34.1 Å². The summed E-state index contributed by atoms with van der Waals surface area (Å²) in [5.41, 5.74) is 18.1. The van der Waals surface area contributed by atoms with E-state index in [2.05, 4.69) is 314 Å². The molecule has 14 aromatic carbocycles. The van der Waals surface area contributed by atoms with Crippen molar-refractivity contribution >= 4 is 105 Å². The van der Waals surface area contributed by atoms with E-state index in [0.29, 0.717) is 13.2 Å². The molecule has 4 heteroatoms. The molecule has 0 saturated heterocycles. The second-order valence-electron chi connectivity index (χ2n) is 21.6. The number of anilines is 6. The van der Waals surface area contributed by atoms with E-state index < -0.39 is 0 Å². The lowest BCUT2D eigenvalue weighted by Crippen LogP contribution is -2.14. The van der Waals surface area contributed by atoms with Gasteiger partial charge in [-0.2, -0.15) is 0 Å². The molecule has 84 heavy (non-hydrogen) atoms. The van der Waals surface area contributed by atoms with Gasteiger partial charge in [-0.15, -0.1) is 0 Å². The molecule has 4 nitrogen and oxygen atoms in total. The molecule has 0 unspecified atom stereocenters. The van der Waals surface area contributed by atoms with Gasteiger partial charge < -0.3 is 19.0 Å². The first-order valence-corrected chi connectivity index (χ1v) is 28.7. The minimum Gasteiger partial charge on any atom is -0.455 e. The van der Waals surface area contributed by atoms with Crippen LogP contribution in [0.1, 0.15) is 16.7 Å². The fourth-order valence-electron chi connectivity index (χ4n) is 12.3. The molecule has 15 rings (SSSR count). The molecule has 1 aromatic heterocycles. The van der Waals surface area contributed by atoms with Gasteiger partial charge in [-0.25, -0.2) is 0 Å². The lowest BCUT2D eigenvalue weighted by molar-refractivity contribution is 0.107. The van der Waals surface area contributed by atoms with E-state index in [0.717, 1.165) is 122 Å². The van der Waals surface area contributed by atoms with E-state index in [1.807, 2.05) is 6.08 Å². The molecule has 0 saturated carbocycles. The molecule has 0 aliphatic carbocycles. The molecule has 0 spiro atoms. The first-order chi connectivity index (χ1) is 41.6. The summed E-state index contributed by atoms with van der Waals surface area (Å²) in [5.74, 6) is 0. The minimum atomic E-state index is 0.487. The third-order valence-corrected chi connectivity index (χ3v) is 16.4. The second-order valence-corrected chi connectivity index (χ2v) is 21.6. The summed E-state index contributed by atoms with van der Waals surface area (Å²) in [6.07, 6.45) is 1.86. The molecule has 0 aliphatic heterocycles. The topological polar surface area (TPSA) is 28.9 Å². The van der Waals surface area contributed by atoms with E-state index >= 15 is 0 Å². The van der Waals surface area contributed by atoms with Crippen molar-refractivity contribution < 1.29 is 9.15 Å². The first-order valence-electron chi connectivity index (χ1n) is 28.7. The van der Waals surface area contributed by atoms with E-state index in [9.17, 15) is 0 Å². The average molecular weight is 1080 g/mol. The molecule has 15 aromatic rings. The highest BCUT2D eigenvalue weighted by atomic mass is 16.5. The maximum Gasteiger partial charge on any atom is 0.143 e. The summed E-state index contributed by atoms with van der Waals surface area (Å²) in [4.78, 5) is 4.79. The quantitative estimate of drug-likeness (QED) is 0.102. The highest BCUT2D eigenvalue weighted by Gasteiger charge is 2.22. The van der Waals surface area contributed by atoms with Crippen LogP contribution >= 0.6 is 0 Å². The molecule has 0 N–H and O–H groups in total. The SMILES string of the molecule is C=Cc1ccc(COCc2ccc(N(c3cc(-c4ccc5cc(-c6cccc7oc8c9ccccc9c9ccccc9c8c67)ccc5c4)cc(N(c4ccccc4)c4cccc(-c5ccccc5)c4)c3)c3ccc4ccccc4c3)cc2)cc1. The van der Waals surface area contributed by atoms with Gasteiger partial charge >= 0.3 is 0 Å². The van der Waals surface area contributed by atoms with Crippen LogP contribution in [0.25, 0.3) is 104 Å². The molecule has 0 radical (unpaired) electrons. The number of para-hydroxylation sites is 1. The summed E-state index contributed by atoms with van der Waals surface area (Å²) in [6.45, 7) is 4.91. The molecule has 1 heterocycles. The van der Waals surface area contributed by atoms with Crippen molar-refractivity contribution in [2.45, 2.75) is 13.2 Å². The van der Waals surface area contributed by atoms with Crippen molar-refractivity contribution in [2.24, 2.45) is 0 Å². The number of ether oxygens (including phenoxy) is 1. The maximum atomic E-state index is 6.82. The van der Waals surface area contributed by atoms with Crippen molar-refractivity contribution in [3.63, 3.8) is 0 Å². The Bertz CT molecular complexity index is 4950. The standard InChI is InChI=1S/C80H56N2O2/c1-2-54-31-33-55(34-32-54)52-83-53-56-35-42-67(43-36-56)82(69-44-41-58-19-9-10-20-59(58)48-69)71-50-65(49-70(51-71)81(66-22-7-4-8-23-66)68-24-15-21-60(47-68)57-17-5-3-6-18-57)63-38-37-62-46-64(40-39-61(62)45-63)72-29-16-30-77-78(72)79-75-27-13-11-25-73(75)74-26-12-14-28-76(74)80(79)84-77/h2-51H,1,52-53H2. The van der Waals surface area contributed by atoms with Gasteiger partial charge in [0, 0.05) is 50.3 Å². The Morgan fingerprint density at radius 1 is 0.321 bits per heavy atom. The second kappa shape index (κ2) is 21.6.